The second-order valence-electron chi connectivity index (χ2n) is 5.13. The van der Waals surface area contributed by atoms with Gasteiger partial charge < -0.3 is 10.5 Å². The maximum absolute atomic E-state index is 12.8. The zero-order chi connectivity index (χ0) is 16.4. The summed E-state index contributed by atoms with van der Waals surface area (Å²) in [6, 6.07) is 14.0. The number of hydrogen-bond donors (Lipinski definition) is 3. The van der Waals surface area contributed by atoms with E-state index in [1.807, 2.05) is 23.6 Å². The van der Waals surface area contributed by atoms with Crippen LogP contribution in [0.4, 0.5) is 11.4 Å². The molecule has 0 fully saturated rings. The van der Waals surface area contributed by atoms with E-state index in [1.54, 1.807) is 30.3 Å². The molecule has 118 valence electrons. The fraction of sp³-hybridized carbons (Fsp3) is 0.125. The maximum atomic E-state index is 12.8. The molecule has 0 bridgehead atoms. The van der Waals surface area contributed by atoms with Crippen molar-refractivity contribution in [3.8, 4) is 5.75 Å². The summed E-state index contributed by atoms with van der Waals surface area (Å²) >= 11 is 0. The number of hydrazine groups is 1. The minimum absolute atomic E-state index is 0.210. The van der Waals surface area contributed by atoms with Gasteiger partial charge in [0, 0.05) is 11.3 Å². The molecule has 0 saturated heterocycles. The molecule has 1 heterocycles. The summed E-state index contributed by atoms with van der Waals surface area (Å²) in [5.74, 6) is 4.79. The lowest BCUT2D eigenvalue weighted by Crippen LogP contribution is -2.47. The van der Waals surface area contributed by atoms with Crippen LogP contribution in [0.5, 0.6) is 5.75 Å². The molecule has 2 aromatic carbocycles. The zero-order valence-electron chi connectivity index (χ0n) is 12.2. The number of nitrogens with one attached hydrogen (secondary N) is 1. The summed E-state index contributed by atoms with van der Waals surface area (Å²) < 4.78 is 5.82. The number of rotatable bonds is 3. The van der Waals surface area contributed by atoms with Crippen molar-refractivity contribution in [1.29, 1.82) is 0 Å². The quantitative estimate of drug-likeness (QED) is 0.335. The van der Waals surface area contributed by atoms with Gasteiger partial charge in [-0.05, 0) is 18.2 Å². The molecule has 23 heavy (non-hydrogen) atoms. The van der Waals surface area contributed by atoms with Crippen LogP contribution < -0.4 is 26.6 Å². The van der Waals surface area contributed by atoms with Crippen molar-refractivity contribution in [3.05, 3.63) is 54.1 Å². The van der Waals surface area contributed by atoms with Gasteiger partial charge in [0.15, 0.2) is 0 Å². The van der Waals surface area contributed by atoms with Gasteiger partial charge >= 0.3 is 0 Å². The molecule has 0 radical (unpaired) electrons. The molecule has 3 rings (SSSR count). The third kappa shape index (κ3) is 2.82. The number of carbonyl (C=O) groups is 2. The van der Waals surface area contributed by atoms with Gasteiger partial charge in [-0.1, -0.05) is 30.3 Å². The van der Waals surface area contributed by atoms with E-state index in [0.29, 0.717) is 22.7 Å². The Morgan fingerprint density at radius 1 is 1.22 bits per heavy atom. The van der Waals surface area contributed by atoms with Crippen molar-refractivity contribution in [1.82, 2.24) is 5.43 Å². The van der Waals surface area contributed by atoms with Gasteiger partial charge in [0.2, 0.25) is 6.10 Å². The van der Waals surface area contributed by atoms with Gasteiger partial charge in [-0.3, -0.25) is 19.9 Å². The molecule has 1 unspecified atom stereocenters. The summed E-state index contributed by atoms with van der Waals surface area (Å²) in [7, 11) is 0. The van der Waals surface area contributed by atoms with Crippen LogP contribution in [-0.2, 0) is 9.59 Å². The van der Waals surface area contributed by atoms with E-state index in [9.17, 15) is 9.59 Å². The Kier molecular flexibility index (Phi) is 3.86. The third-order valence-electron chi connectivity index (χ3n) is 3.57. The number of carbonyl (C=O) groups excluding carboxylic acids is 2. The summed E-state index contributed by atoms with van der Waals surface area (Å²) in [6.45, 7) is -0.210. The number of anilines is 2. The van der Waals surface area contributed by atoms with Crippen molar-refractivity contribution in [2.45, 2.75) is 6.10 Å². The zero-order valence-corrected chi connectivity index (χ0v) is 12.2. The molecule has 7 heteroatoms. The van der Waals surface area contributed by atoms with Gasteiger partial charge in [0.25, 0.3) is 11.8 Å². The number of fused-ring (bicyclic) bond motifs is 1. The Hall–Kier alpha value is -3.06. The molecule has 0 aliphatic carbocycles. The Bertz CT molecular complexity index is 748. The lowest BCUT2D eigenvalue weighted by atomic mass is 10.1. The van der Waals surface area contributed by atoms with Gasteiger partial charge in [-0.25, -0.2) is 5.84 Å². The van der Waals surface area contributed by atoms with Crippen molar-refractivity contribution in [2.75, 3.05) is 17.2 Å². The fourth-order valence-corrected chi connectivity index (χ4v) is 2.47. The minimum Gasteiger partial charge on any atom is -0.474 e. The standard InChI is InChI=1S/C16H16N4O3/c17-11-6-7-13-12(8-11)20(9-14(21)19-18)16(22)15(23-13)10-4-2-1-3-5-10/h1-8,15H,9,17-18H2,(H,19,21). The Morgan fingerprint density at radius 2 is 1.96 bits per heavy atom. The number of ether oxygens (including phenoxy) is 1. The first-order valence-corrected chi connectivity index (χ1v) is 7.02. The second-order valence-corrected chi connectivity index (χ2v) is 5.13. The molecule has 2 aromatic rings. The number of amides is 2. The smallest absolute Gasteiger partial charge is 0.273 e. The van der Waals surface area contributed by atoms with Crippen molar-refractivity contribution in [2.24, 2.45) is 5.84 Å². The van der Waals surface area contributed by atoms with Gasteiger partial charge in [-0.15, -0.1) is 0 Å². The van der Waals surface area contributed by atoms with Crippen LogP contribution in [0.3, 0.4) is 0 Å². The number of nitrogens with two attached hydrogens (primary N) is 2. The number of nitrogens with zero attached hydrogens (tertiary/aromatic N) is 1. The molecule has 0 saturated carbocycles. The van der Waals surface area contributed by atoms with Crippen LogP contribution in [-0.4, -0.2) is 18.4 Å². The number of nitrogen functional groups attached to an aromatic ring is 1. The molecule has 5 N–H and O–H groups in total. The average molecular weight is 312 g/mol. The van der Waals surface area contributed by atoms with Crippen LogP contribution in [0.2, 0.25) is 0 Å². The predicted octanol–water partition coefficient (Wildman–Crippen LogP) is 0.725. The lowest BCUT2D eigenvalue weighted by Gasteiger charge is -2.34. The van der Waals surface area contributed by atoms with E-state index >= 15 is 0 Å². The summed E-state index contributed by atoms with van der Waals surface area (Å²) in [6.07, 6.45) is -0.821. The van der Waals surface area contributed by atoms with E-state index in [4.69, 9.17) is 16.3 Å². The van der Waals surface area contributed by atoms with Crippen molar-refractivity contribution >= 4 is 23.2 Å². The molecule has 0 aromatic heterocycles. The van der Waals surface area contributed by atoms with Gasteiger partial charge in [0.05, 0.1) is 5.69 Å². The first-order chi connectivity index (χ1) is 11.1. The van der Waals surface area contributed by atoms with E-state index in [1.165, 1.54) is 4.90 Å². The lowest BCUT2D eigenvalue weighted by molar-refractivity contribution is -0.129. The molecule has 7 nitrogen and oxygen atoms in total. The normalized spacial score (nSPS) is 16.5. The van der Waals surface area contributed by atoms with Gasteiger partial charge in [-0.2, -0.15) is 0 Å². The molecule has 1 atom stereocenters. The fourth-order valence-electron chi connectivity index (χ4n) is 2.47. The Balaban J connectivity index is 2.04. The Morgan fingerprint density at radius 3 is 2.65 bits per heavy atom. The Labute approximate surface area is 132 Å². The monoisotopic (exact) mass is 312 g/mol. The van der Waals surface area contributed by atoms with E-state index in [0.717, 1.165) is 0 Å². The number of benzene rings is 2. The first-order valence-electron chi connectivity index (χ1n) is 7.02. The van der Waals surface area contributed by atoms with Crippen LogP contribution in [0.1, 0.15) is 11.7 Å². The topological polar surface area (TPSA) is 111 Å². The SMILES string of the molecule is NNC(=O)CN1C(=O)C(c2ccccc2)Oc2ccc(N)cc21. The average Bonchev–Trinajstić information content (AvgIpc) is 2.58. The summed E-state index contributed by atoms with van der Waals surface area (Å²) in [5, 5.41) is 0. The largest absolute Gasteiger partial charge is 0.474 e. The highest BCUT2D eigenvalue weighted by Crippen LogP contribution is 2.39. The third-order valence-corrected chi connectivity index (χ3v) is 3.57. The van der Waals surface area contributed by atoms with Crippen LogP contribution >= 0.6 is 0 Å². The van der Waals surface area contributed by atoms with Crippen molar-refractivity contribution in [3.63, 3.8) is 0 Å². The van der Waals surface area contributed by atoms with Crippen LogP contribution in [0.15, 0.2) is 48.5 Å². The van der Waals surface area contributed by atoms with E-state index < -0.39 is 12.0 Å². The summed E-state index contributed by atoms with van der Waals surface area (Å²) in [4.78, 5) is 25.8. The highest BCUT2D eigenvalue weighted by atomic mass is 16.5. The molecular formula is C16H16N4O3. The van der Waals surface area contributed by atoms with Crippen LogP contribution in [0.25, 0.3) is 0 Å². The number of hydrogen-bond acceptors (Lipinski definition) is 5. The predicted molar refractivity (Wildman–Crippen MR) is 85.3 cm³/mol. The second kappa shape index (κ2) is 5.98. The summed E-state index contributed by atoms with van der Waals surface area (Å²) in [5.41, 5.74) is 9.43. The first kappa shape index (κ1) is 14.9. The minimum atomic E-state index is -0.821. The van der Waals surface area contributed by atoms with Crippen LogP contribution in [0, 0.1) is 0 Å². The molecular weight excluding hydrogens is 296 g/mol. The molecule has 0 spiro atoms. The maximum Gasteiger partial charge on any atom is 0.273 e. The highest BCUT2D eigenvalue weighted by Gasteiger charge is 2.36. The molecule has 1 aliphatic heterocycles. The highest BCUT2D eigenvalue weighted by molar-refractivity contribution is 6.04. The van der Waals surface area contributed by atoms with E-state index in [-0.39, 0.29) is 12.5 Å². The van der Waals surface area contributed by atoms with Gasteiger partial charge in [0.1, 0.15) is 12.3 Å². The van der Waals surface area contributed by atoms with Crippen molar-refractivity contribution < 1.29 is 14.3 Å². The molecule has 2 amide bonds. The van der Waals surface area contributed by atoms with E-state index in [2.05, 4.69) is 0 Å². The molecule has 1 aliphatic rings.